The van der Waals surface area contributed by atoms with Crippen molar-refractivity contribution < 1.29 is 28.7 Å². The van der Waals surface area contributed by atoms with Crippen LogP contribution >= 0.6 is 0 Å². The second-order valence-electron chi connectivity index (χ2n) is 8.73. The summed E-state index contributed by atoms with van der Waals surface area (Å²) in [5, 5.41) is 2.73. The molecule has 1 aliphatic heterocycles. The van der Waals surface area contributed by atoms with E-state index in [1.54, 1.807) is 14.1 Å². The molecule has 0 aromatic heterocycles. The third-order valence-corrected chi connectivity index (χ3v) is 6.17. The number of rotatable bonds is 7. The minimum Gasteiger partial charge on any atom is -0.442 e. The summed E-state index contributed by atoms with van der Waals surface area (Å²) in [5.41, 5.74) is -0.711. The molecule has 1 N–H and O–H groups in total. The normalized spacial score (nSPS) is 24.4. The lowest BCUT2D eigenvalue weighted by Crippen LogP contribution is -2.46. The van der Waals surface area contributed by atoms with Crippen molar-refractivity contribution in [3.05, 3.63) is 12.2 Å². The molecule has 0 spiro atoms. The molecule has 0 unspecified atom stereocenters. The third kappa shape index (κ3) is 6.80. The summed E-state index contributed by atoms with van der Waals surface area (Å²) in [6, 6.07) is 0. The lowest BCUT2D eigenvalue weighted by molar-refractivity contribution is -0.140. The summed E-state index contributed by atoms with van der Waals surface area (Å²) in [6.07, 6.45) is 5.35. The van der Waals surface area contributed by atoms with Crippen molar-refractivity contribution in [1.82, 2.24) is 20.0 Å². The number of nitrogens with one attached hydrogen (secondary N) is 1. The zero-order valence-corrected chi connectivity index (χ0v) is 19.4. The van der Waals surface area contributed by atoms with Gasteiger partial charge in [-0.05, 0) is 31.8 Å². The molecule has 0 bridgehead atoms. The van der Waals surface area contributed by atoms with Gasteiger partial charge in [0.05, 0.1) is 0 Å². The first-order chi connectivity index (χ1) is 15.0. The van der Waals surface area contributed by atoms with Crippen LogP contribution in [-0.4, -0.2) is 84.4 Å². The van der Waals surface area contributed by atoms with Gasteiger partial charge in [-0.25, -0.2) is 4.79 Å². The van der Waals surface area contributed by atoms with E-state index in [-0.39, 0.29) is 43.1 Å². The average molecular weight is 451 g/mol. The molecular weight excluding hydrogens is 416 g/mol. The second-order valence-corrected chi connectivity index (χ2v) is 8.73. The van der Waals surface area contributed by atoms with Crippen LogP contribution in [-0.2, 0) is 23.9 Å². The molecule has 2 atom stereocenters. The van der Waals surface area contributed by atoms with E-state index in [1.807, 2.05) is 19.1 Å². The van der Waals surface area contributed by atoms with Crippen LogP contribution in [0.1, 0.15) is 52.4 Å². The Labute approximate surface area is 188 Å². The van der Waals surface area contributed by atoms with Gasteiger partial charge in [0.1, 0.15) is 12.8 Å². The molecule has 0 aromatic rings. The van der Waals surface area contributed by atoms with E-state index in [4.69, 9.17) is 4.74 Å². The molecule has 1 fully saturated rings. The van der Waals surface area contributed by atoms with E-state index in [9.17, 15) is 24.0 Å². The smallest absolute Gasteiger partial charge is 0.410 e. The largest absolute Gasteiger partial charge is 0.442 e. The lowest BCUT2D eigenvalue weighted by Gasteiger charge is -2.32. The van der Waals surface area contributed by atoms with Crippen molar-refractivity contribution in [2.24, 2.45) is 5.41 Å². The predicted octanol–water partition coefficient (Wildman–Crippen LogP) is 1.26. The zero-order chi connectivity index (χ0) is 23.9. The quantitative estimate of drug-likeness (QED) is 0.461. The van der Waals surface area contributed by atoms with Gasteiger partial charge in [-0.2, -0.15) is 0 Å². The summed E-state index contributed by atoms with van der Waals surface area (Å²) in [7, 11) is 3.28. The number of allylic oxidation sites excluding steroid dienone is 1. The van der Waals surface area contributed by atoms with Crippen molar-refractivity contribution in [2.75, 3.05) is 33.9 Å². The van der Waals surface area contributed by atoms with Gasteiger partial charge in [-0.15, -0.1) is 0 Å². The first-order valence-corrected chi connectivity index (χ1v) is 10.9. The molecule has 1 saturated heterocycles. The van der Waals surface area contributed by atoms with Crippen LogP contribution in [0.15, 0.2) is 12.2 Å². The van der Waals surface area contributed by atoms with Crippen molar-refractivity contribution in [3.63, 3.8) is 0 Å². The second kappa shape index (κ2) is 11.1. The highest BCUT2D eigenvalue weighted by Crippen LogP contribution is 2.33. The molecule has 178 valence electrons. The van der Waals surface area contributed by atoms with E-state index in [0.717, 1.165) is 4.90 Å². The average Bonchev–Trinajstić information content (AvgIpc) is 3.06. The molecule has 2 rings (SSSR count). The highest BCUT2D eigenvalue weighted by atomic mass is 16.6. The Balaban J connectivity index is 1.87. The standard InChI is InChI=1S/C22H34N4O6/c1-16(27)24(3)13-14-25(4)21(31)32-17-7-5-6-11-22(2,12-10-17)20(30)23-15-26-18(28)8-9-19(26)29/h5,7,17H,6,8-15H2,1-4H3,(H,23,30)/b7-5+/t17-,22+/m0/s1. The molecule has 1 heterocycles. The number of carbonyl (C=O) groups is 5. The fraction of sp³-hybridized carbons (Fsp3) is 0.682. The van der Waals surface area contributed by atoms with E-state index in [0.29, 0.717) is 38.8 Å². The fourth-order valence-corrected chi connectivity index (χ4v) is 3.59. The Bertz CT molecular complexity index is 766. The Kier molecular flexibility index (Phi) is 8.80. The van der Waals surface area contributed by atoms with Gasteiger partial charge in [-0.1, -0.05) is 13.0 Å². The molecule has 5 amide bonds. The first kappa shape index (κ1) is 25.4. The third-order valence-electron chi connectivity index (χ3n) is 6.17. The van der Waals surface area contributed by atoms with Gasteiger partial charge in [0.25, 0.3) is 0 Å². The van der Waals surface area contributed by atoms with Crippen LogP contribution in [0.5, 0.6) is 0 Å². The van der Waals surface area contributed by atoms with Gasteiger partial charge in [0.15, 0.2) is 0 Å². The maximum Gasteiger partial charge on any atom is 0.410 e. The van der Waals surface area contributed by atoms with Gasteiger partial charge in [0, 0.05) is 52.4 Å². The number of hydrogen-bond donors (Lipinski definition) is 1. The Morgan fingerprint density at radius 3 is 2.38 bits per heavy atom. The number of hydrogen-bond acceptors (Lipinski definition) is 6. The van der Waals surface area contributed by atoms with Crippen LogP contribution < -0.4 is 5.32 Å². The maximum atomic E-state index is 12.9. The molecule has 10 nitrogen and oxygen atoms in total. The fourth-order valence-electron chi connectivity index (χ4n) is 3.59. The zero-order valence-electron chi connectivity index (χ0n) is 19.4. The van der Waals surface area contributed by atoms with Gasteiger partial charge in [0.2, 0.25) is 23.6 Å². The van der Waals surface area contributed by atoms with E-state index < -0.39 is 17.6 Å². The molecule has 32 heavy (non-hydrogen) atoms. The maximum absolute atomic E-state index is 12.9. The monoisotopic (exact) mass is 450 g/mol. The SMILES string of the molecule is CC(=O)N(C)CCN(C)C(=O)O[C@H]1/C=C/CC[C@@](C)(C(=O)NCN2C(=O)CCC2=O)CC1. The molecule has 0 radical (unpaired) electrons. The summed E-state index contributed by atoms with van der Waals surface area (Å²) in [5.74, 6) is -0.848. The number of carbonyl (C=O) groups excluding carboxylic acids is 5. The van der Waals surface area contributed by atoms with Gasteiger partial charge >= 0.3 is 6.09 Å². The van der Waals surface area contributed by atoms with Crippen molar-refractivity contribution in [3.8, 4) is 0 Å². The number of likely N-dealkylation sites (tertiary alicyclic amines) is 1. The summed E-state index contributed by atoms with van der Waals surface area (Å²) < 4.78 is 5.59. The summed E-state index contributed by atoms with van der Waals surface area (Å²) in [6.45, 7) is 3.95. The number of likely N-dealkylation sites (N-methyl/N-ethyl adjacent to an activating group) is 2. The van der Waals surface area contributed by atoms with E-state index in [2.05, 4.69) is 5.32 Å². The number of nitrogens with zero attached hydrogens (tertiary/aromatic N) is 3. The van der Waals surface area contributed by atoms with E-state index >= 15 is 0 Å². The van der Waals surface area contributed by atoms with Crippen LogP contribution in [0.2, 0.25) is 0 Å². The van der Waals surface area contributed by atoms with Crippen LogP contribution in [0, 0.1) is 5.41 Å². The first-order valence-electron chi connectivity index (χ1n) is 10.9. The topological polar surface area (TPSA) is 116 Å². The predicted molar refractivity (Wildman–Crippen MR) is 116 cm³/mol. The molecular formula is C22H34N4O6. The van der Waals surface area contributed by atoms with E-state index in [1.165, 1.54) is 16.7 Å². The number of amides is 5. The van der Waals surface area contributed by atoms with Crippen LogP contribution in [0.4, 0.5) is 4.79 Å². The molecule has 0 aromatic carbocycles. The summed E-state index contributed by atoms with van der Waals surface area (Å²) >= 11 is 0. The van der Waals surface area contributed by atoms with Gasteiger partial charge < -0.3 is 19.9 Å². The van der Waals surface area contributed by atoms with Crippen LogP contribution in [0.25, 0.3) is 0 Å². The highest BCUT2D eigenvalue weighted by molar-refractivity contribution is 6.02. The Hall–Kier alpha value is -2.91. The number of ether oxygens (including phenoxy) is 1. The molecule has 1 aliphatic carbocycles. The van der Waals surface area contributed by atoms with Gasteiger partial charge in [-0.3, -0.25) is 24.1 Å². The molecule has 2 aliphatic rings. The Morgan fingerprint density at radius 1 is 1.12 bits per heavy atom. The Morgan fingerprint density at radius 2 is 1.75 bits per heavy atom. The van der Waals surface area contributed by atoms with Crippen LogP contribution in [0.3, 0.4) is 0 Å². The van der Waals surface area contributed by atoms with Crippen molar-refractivity contribution in [1.29, 1.82) is 0 Å². The molecule has 0 saturated carbocycles. The minimum atomic E-state index is -0.711. The minimum absolute atomic E-state index is 0.0780. The molecule has 10 heteroatoms. The van der Waals surface area contributed by atoms with Crippen molar-refractivity contribution >= 4 is 29.7 Å². The number of imide groups is 1. The summed E-state index contributed by atoms with van der Waals surface area (Å²) in [4.78, 5) is 64.1. The lowest BCUT2D eigenvalue weighted by atomic mass is 9.78. The highest BCUT2D eigenvalue weighted by Gasteiger charge is 2.36. The van der Waals surface area contributed by atoms with Crippen molar-refractivity contribution in [2.45, 2.75) is 58.5 Å².